The Morgan fingerprint density at radius 1 is 1.25 bits per heavy atom. The molecule has 6 heteroatoms. The smallest absolute Gasteiger partial charge is 0.193 e. The summed E-state index contributed by atoms with van der Waals surface area (Å²) in [6.45, 7) is 11.6. The van der Waals surface area contributed by atoms with Gasteiger partial charge >= 0.3 is 0 Å². The van der Waals surface area contributed by atoms with Gasteiger partial charge in [0.05, 0.1) is 12.7 Å². The maximum atomic E-state index is 5.97. The van der Waals surface area contributed by atoms with Crippen LogP contribution in [0.3, 0.4) is 0 Å². The summed E-state index contributed by atoms with van der Waals surface area (Å²) in [5.41, 5.74) is 0. The van der Waals surface area contributed by atoms with Crippen molar-refractivity contribution in [2.45, 2.75) is 31.3 Å². The fourth-order valence-electron chi connectivity index (χ4n) is 4.02. The fraction of sp³-hybridized carbons (Fsp3) is 0.682. The number of rotatable bonds is 7. The molecule has 156 valence electrons. The van der Waals surface area contributed by atoms with Crippen molar-refractivity contribution in [2.75, 3.05) is 58.7 Å². The minimum Gasteiger partial charge on any atom is -0.374 e. The van der Waals surface area contributed by atoms with Crippen LogP contribution >= 0.6 is 11.8 Å². The highest BCUT2D eigenvalue weighted by Gasteiger charge is 2.26. The third-order valence-corrected chi connectivity index (χ3v) is 6.60. The zero-order valence-electron chi connectivity index (χ0n) is 17.6. The van der Waals surface area contributed by atoms with Gasteiger partial charge in [0.15, 0.2) is 5.96 Å². The molecule has 2 fully saturated rings. The van der Waals surface area contributed by atoms with Gasteiger partial charge in [0.2, 0.25) is 0 Å². The van der Waals surface area contributed by atoms with Crippen molar-refractivity contribution in [3.05, 3.63) is 30.3 Å². The fourth-order valence-corrected chi connectivity index (χ4v) is 5.07. The van der Waals surface area contributed by atoms with Crippen LogP contribution in [0.5, 0.6) is 0 Å². The zero-order chi connectivity index (χ0) is 19.8. The molecule has 5 nitrogen and oxygen atoms in total. The molecule has 2 unspecified atom stereocenters. The van der Waals surface area contributed by atoms with E-state index in [9.17, 15) is 0 Å². The van der Waals surface area contributed by atoms with Crippen LogP contribution in [0.2, 0.25) is 0 Å². The van der Waals surface area contributed by atoms with Crippen LogP contribution in [-0.2, 0) is 4.74 Å². The van der Waals surface area contributed by atoms with E-state index in [1.807, 2.05) is 18.8 Å². The topological polar surface area (TPSA) is 40.1 Å². The predicted molar refractivity (Wildman–Crippen MR) is 119 cm³/mol. The monoisotopic (exact) mass is 404 g/mol. The predicted octanol–water partition coefficient (Wildman–Crippen LogP) is 3.03. The summed E-state index contributed by atoms with van der Waals surface area (Å²) in [6.07, 6.45) is 1.49. The molecule has 28 heavy (non-hydrogen) atoms. The van der Waals surface area contributed by atoms with Gasteiger partial charge in [-0.1, -0.05) is 32.0 Å². The first-order valence-electron chi connectivity index (χ1n) is 10.6. The Labute approximate surface area is 174 Å². The van der Waals surface area contributed by atoms with Crippen molar-refractivity contribution >= 4 is 17.7 Å². The van der Waals surface area contributed by atoms with Crippen molar-refractivity contribution in [2.24, 2.45) is 16.8 Å². The second kappa shape index (κ2) is 11.1. The summed E-state index contributed by atoms with van der Waals surface area (Å²) in [5, 5.41) is 3.57. The van der Waals surface area contributed by atoms with Crippen LogP contribution in [0, 0.1) is 11.8 Å². The third kappa shape index (κ3) is 6.68. The van der Waals surface area contributed by atoms with Crippen molar-refractivity contribution < 1.29 is 4.74 Å². The summed E-state index contributed by atoms with van der Waals surface area (Å²) < 4.78 is 5.97. The summed E-state index contributed by atoms with van der Waals surface area (Å²) in [6, 6.07) is 10.7. The molecule has 1 aromatic rings. The van der Waals surface area contributed by atoms with Crippen LogP contribution < -0.4 is 5.32 Å². The highest BCUT2D eigenvalue weighted by Crippen LogP contribution is 2.25. The average molecular weight is 405 g/mol. The van der Waals surface area contributed by atoms with Crippen molar-refractivity contribution in [3.63, 3.8) is 0 Å². The molecule has 0 aromatic heterocycles. The molecule has 1 N–H and O–H groups in total. The molecule has 2 aliphatic heterocycles. The Morgan fingerprint density at radius 2 is 2.07 bits per heavy atom. The summed E-state index contributed by atoms with van der Waals surface area (Å²) in [5.74, 6) is 3.62. The molecule has 0 spiro atoms. The summed E-state index contributed by atoms with van der Waals surface area (Å²) >= 11 is 1.97. The van der Waals surface area contributed by atoms with Gasteiger partial charge in [-0.2, -0.15) is 0 Å². The Kier molecular flexibility index (Phi) is 8.49. The van der Waals surface area contributed by atoms with Crippen LogP contribution in [0.1, 0.15) is 20.3 Å². The van der Waals surface area contributed by atoms with Gasteiger partial charge in [0, 0.05) is 57.0 Å². The Balaban J connectivity index is 1.40. The van der Waals surface area contributed by atoms with E-state index in [2.05, 4.69) is 64.3 Å². The molecule has 3 rings (SSSR count). The maximum Gasteiger partial charge on any atom is 0.193 e. The summed E-state index contributed by atoms with van der Waals surface area (Å²) in [4.78, 5) is 10.8. The highest BCUT2D eigenvalue weighted by molar-refractivity contribution is 7.99. The van der Waals surface area contributed by atoms with E-state index in [1.54, 1.807) is 0 Å². The SMILES string of the molecule is CN=C(NCC1CN(CC(C)C)CCO1)N1CCC(CSc2ccccc2)C1. The number of likely N-dealkylation sites (tertiary alicyclic amines) is 1. The average Bonchev–Trinajstić information content (AvgIpc) is 3.16. The molecule has 2 atom stereocenters. The standard InChI is InChI=1S/C22H36N4OS/c1-18(2)14-25-11-12-27-20(16-25)13-24-22(23-3)26-10-9-19(15-26)17-28-21-7-5-4-6-8-21/h4-8,18-20H,9-17H2,1-3H3,(H,23,24). The number of ether oxygens (including phenoxy) is 1. The quantitative estimate of drug-likeness (QED) is 0.430. The minimum atomic E-state index is 0.247. The number of nitrogens with zero attached hydrogens (tertiary/aromatic N) is 3. The zero-order valence-corrected chi connectivity index (χ0v) is 18.5. The lowest BCUT2D eigenvalue weighted by atomic mass is 10.2. The number of benzene rings is 1. The van der Waals surface area contributed by atoms with E-state index in [0.29, 0.717) is 5.92 Å². The van der Waals surface area contributed by atoms with E-state index in [1.165, 1.54) is 17.1 Å². The molecule has 0 aliphatic carbocycles. The second-order valence-corrected chi connectivity index (χ2v) is 9.39. The van der Waals surface area contributed by atoms with E-state index >= 15 is 0 Å². The van der Waals surface area contributed by atoms with Crippen molar-refractivity contribution in [1.29, 1.82) is 0 Å². The molecule has 0 amide bonds. The minimum absolute atomic E-state index is 0.247. The Hall–Kier alpha value is -1.24. The largest absolute Gasteiger partial charge is 0.374 e. The van der Waals surface area contributed by atoms with Crippen molar-refractivity contribution in [3.8, 4) is 0 Å². The molecule has 1 aromatic carbocycles. The molecule has 0 radical (unpaired) electrons. The van der Waals surface area contributed by atoms with Gasteiger partial charge in [-0.15, -0.1) is 11.8 Å². The number of aliphatic imine (C=N–C) groups is 1. The molecule has 2 heterocycles. The molecule has 0 bridgehead atoms. The highest BCUT2D eigenvalue weighted by atomic mass is 32.2. The lowest BCUT2D eigenvalue weighted by molar-refractivity contribution is -0.0286. The third-order valence-electron chi connectivity index (χ3n) is 5.36. The van der Waals surface area contributed by atoms with Gasteiger partial charge in [-0.3, -0.25) is 9.89 Å². The van der Waals surface area contributed by atoms with Gasteiger partial charge in [-0.25, -0.2) is 0 Å². The van der Waals surface area contributed by atoms with E-state index < -0.39 is 0 Å². The number of thioether (sulfide) groups is 1. The van der Waals surface area contributed by atoms with Gasteiger partial charge < -0.3 is 15.0 Å². The van der Waals surface area contributed by atoms with Gasteiger partial charge in [-0.05, 0) is 30.4 Å². The molecular formula is C22H36N4OS. The van der Waals surface area contributed by atoms with Crippen LogP contribution in [-0.4, -0.2) is 80.5 Å². The van der Waals surface area contributed by atoms with Crippen LogP contribution in [0.15, 0.2) is 40.2 Å². The maximum absolute atomic E-state index is 5.97. The van der Waals surface area contributed by atoms with Gasteiger partial charge in [0.25, 0.3) is 0 Å². The lowest BCUT2D eigenvalue weighted by Gasteiger charge is -2.34. The Morgan fingerprint density at radius 3 is 2.82 bits per heavy atom. The van der Waals surface area contributed by atoms with Crippen LogP contribution in [0.25, 0.3) is 0 Å². The Bertz CT molecular complexity index is 610. The van der Waals surface area contributed by atoms with E-state index in [0.717, 1.165) is 57.8 Å². The van der Waals surface area contributed by atoms with Crippen LogP contribution in [0.4, 0.5) is 0 Å². The first kappa shape index (κ1) is 21.5. The first-order chi connectivity index (χ1) is 13.6. The molecular weight excluding hydrogens is 368 g/mol. The second-order valence-electron chi connectivity index (χ2n) is 8.30. The first-order valence-corrected chi connectivity index (χ1v) is 11.6. The normalized spacial score (nSPS) is 24.1. The molecule has 2 saturated heterocycles. The number of morpholine rings is 1. The molecule has 0 saturated carbocycles. The lowest BCUT2D eigenvalue weighted by Crippen LogP contribution is -2.50. The number of guanidine groups is 1. The van der Waals surface area contributed by atoms with E-state index in [4.69, 9.17) is 4.74 Å². The van der Waals surface area contributed by atoms with Gasteiger partial charge in [0.1, 0.15) is 0 Å². The summed E-state index contributed by atoms with van der Waals surface area (Å²) in [7, 11) is 1.89. The van der Waals surface area contributed by atoms with Crippen molar-refractivity contribution in [1.82, 2.24) is 15.1 Å². The molecule has 2 aliphatic rings. The number of nitrogens with one attached hydrogen (secondary N) is 1. The number of hydrogen-bond donors (Lipinski definition) is 1. The number of hydrogen-bond acceptors (Lipinski definition) is 4. The van der Waals surface area contributed by atoms with E-state index in [-0.39, 0.29) is 6.10 Å².